The van der Waals surface area contributed by atoms with Crippen LogP contribution in [0.3, 0.4) is 0 Å². The summed E-state index contributed by atoms with van der Waals surface area (Å²) in [6.07, 6.45) is 3.54. The summed E-state index contributed by atoms with van der Waals surface area (Å²) in [5, 5.41) is 3.09. The molecule has 5 nitrogen and oxygen atoms in total. The summed E-state index contributed by atoms with van der Waals surface area (Å²) in [5.41, 5.74) is 1.18. The topological polar surface area (TPSA) is 58.6 Å². The Labute approximate surface area is 138 Å². The van der Waals surface area contributed by atoms with Crippen molar-refractivity contribution in [2.45, 2.75) is 38.6 Å². The van der Waals surface area contributed by atoms with Crippen molar-refractivity contribution in [3.8, 4) is 0 Å². The lowest BCUT2D eigenvalue weighted by Crippen LogP contribution is -2.44. The molecule has 2 rings (SSSR count). The van der Waals surface area contributed by atoms with Crippen LogP contribution in [-0.2, 0) is 20.7 Å². The second kappa shape index (κ2) is 9.30. The number of rotatable bonds is 8. The standard InChI is InChI=1S/C18H26N2O3/c1-2-23-18(22)16(11-10-15-8-4-3-5-9-15)19-14-17(21)20-12-6-7-13-20/h3-5,8-9,16,19H,2,6-7,10-14H2,1H3. The van der Waals surface area contributed by atoms with Gasteiger partial charge in [0.05, 0.1) is 13.2 Å². The van der Waals surface area contributed by atoms with Crippen molar-refractivity contribution in [3.05, 3.63) is 35.9 Å². The van der Waals surface area contributed by atoms with E-state index in [-0.39, 0.29) is 18.4 Å². The molecule has 126 valence electrons. The predicted octanol–water partition coefficient (Wildman–Crippen LogP) is 1.76. The summed E-state index contributed by atoms with van der Waals surface area (Å²) in [6, 6.07) is 9.58. The third-order valence-electron chi connectivity index (χ3n) is 4.09. The first-order chi connectivity index (χ1) is 11.2. The van der Waals surface area contributed by atoms with Gasteiger partial charge in [-0.25, -0.2) is 0 Å². The van der Waals surface area contributed by atoms with E-state index in [4.69, 9.17) is 4.74 Å². The molecule has 1 amide bonds. The van der Waals surface area contributed by atoms with E-state index in [1.807, 2.05) is 35.2 Å². The van der Waals surface area contributed by atoms with Crippen molar-refractivity contribution >= 4 is 11.9 Å². The van der Waals surface area contributed by atoms with Crippen LogP contribution in [0.2, 0.25) is 0 Å². The van der Waals surface area contributed by atoms with Gasteiger partial charge in [0, 0.05) is 13.1 Å². The van der Waals surface area contributed by atoms with Gasteiger partial charge in [-0.3, -0.25) is 14.9 Å². The van der Waals surface area contributed by atoms with Crippen LogP contribution >= 0.6 is 0 Å². The predicted molar refractivity (Wildman–Crippen MR) is 89.0 cm³/mol. The van der Waals surface area contributed by atoms with Gasteiger partial charge in [0.25, 0.3) is 0 Å². The molecule has 1 aliphatic heterocycles. The lowest BCUT2D eigenvalue weighted by Gasteiger charge is -2.20. The van der Waals surface area contributed by atoms with E-state index < -0.39 is 6.04 Å². The number of amides is 1. The summed E-state index contributed by atoms with van der Waals surface area (Å²) in [7, 11) is 0. The van der Waals surface area contributed by atoms with Crippen molar-refractivity contribution in [1.29, 1.82) is 0 Å². The number of aryl methyl sites for hydroxylation is 1. The Kier molecular flexibility index (Phi) is 7.07. The minimum atomic E-state index is -0.443. The monoisotopic (exact) mass is 318 g/mol. The van der Waals surface area contributed by atoms with Crippen LogP contribution in [-0.4, -0.2) is 49.1 Å². The number of hydrogen-bond donors (Lipinski definition) is 1. The summed E-state index contributed by atoms with van der Waals surface area (Å²) >= 11 is 0. The van der Waals surface area contributed by atoms with Crippen molar-refractivity contribution in [2.75, 3.05) is 26.2 Å². The number of carbonyl (C=O) groups excluding carboxylic acids is 2. The largest absolute Gasteiger partial charge is 0.465 e. The zero-order valence-corrected chi connectivity index (χ0v) is 13.8. The summed E-state index contributed by atoms with van der Waals surface area (Å²) < 4.78 is 5.12. The molecule has 0 aromatic heterocycles. The Hall–Kier alpha value is -1.88. The van der Waals surface area contributed by atoms with E-state index in [1.54, 1.807) is 6.92 Å². The van der Waals surface area contributed by atoms with E-state index in [2.05, 4.69) is 5.32 Å². The maximum Gasteiger partial charge on any atom is 0.323 e. The minimum Gasteiger partial charge on any atom is -0.465 e. The van der Waals surface area contributed by atoms with Gasteiger partial charge in [0.1, 0.15) is 6.04 Å². The third-order valence-corrected chi connectivity index (χ3v) is 4.09. The van der Waals surface area contributed by atoms with Gasteiger partial charge in [0.2, 0.25) is 5.91 Å². The van der Waals surface area contributed by atoms with E-state index in [1.165, 1.54) is 5.56 Å². The normalized spacial score (nSPS) is 15.4. The van der Waals surface area contributed by atoms with Gasteiger partial charge in [-0.1, -0.05) is 30.3 Å². The lowest BCUT2D eigenvalue weighted by molar-refractivity contribution is -0.146. The van der Waals surface area contributed by atoms with Crippen LogP contribution < -0.4 is 5.32 Å². The molecule has 0 bridgehead atoms. The van der Waals surface area contributed by atoms with Gasteiger partial charge in [-0.2, -0.15) is 0 Å². The molecule has 1 fully saturated rings. The van der Waals surface area contributed by atoms with Crippen LogP contribution in [0.15, 0.2) is 30.3 Å². The second-order valence-electron chi connectivity index (χ2n) is 5.80. The fourth-order valence-corrected chi connectivity index (χ4v) is 2.79. The third kappa shape index (κ3) is 5.67. The fourth-order valence-electron chi connectivity index (χ4n) is 2.79. The molecule has 1 heterocycles. The van der Waals surface area contributed by atoms with Gasteiger partial charge < -0.3 is 9.64 Å². The average Bonchev–Trinajstić information content (AvgIpc) is 3.10. The lowest BCUT2D eigenvalue weighted by atomic mass is 10.1. The van der Waals surface area contributed by atoms with Gasteiger partial charge >= 0.3 is 5.97 Å². The number of ether oxygens (including phenoxy) is 1. The number of carbonyl (C=O) groups is 2. The number of nitrogens with zero attached hydrogens (tertiary/aromatic N) is 1. The number of likely N-dealkylation sites (tertiary alicyclic amines) is 1. The van der Waals surface area contributed by atoms with E-state index in [0.717, 1.165) is 32.4 Å². The fraction of sp³-hybridized carbons (Fsp3) is 0.556. The number of hydrogen-bond acceptors (Lipinski definition) is 4. The Balaban J connectivity index is 1.85. The molecule has 0 radical (unpaired) electrons. The van der Waals surface area contributed by atoms with E-state index in [9.17, 15) is 9.59 Å². The maximum atomic E-state index is 12.1. The highest BCUT2D eigenvalue weighted by Gasteiger charge is 2.23. The highest BCUT2D eigenvalue weighted by Crippen LogP contribution is 2.09. The highest BCUT2D eigenvalue weighted by molar-refractivity contribution is 5.80. The smallest absolute Gasteiger partial charge is 0.323 e. The van der Waals surface area contributed by atoms with Crippen LogP contribution in [0.1, 0.15) is 31.7 Å². The molecule has 1 aromatic rings. The molecule has 1 aliphatic rings. The molecule has 1 saturated heterocycles. The summed E-state index contributed by atoms with van der Waals surface area (Å²) in [4.78, 5) is 26.1. The SMILES string of the molecule is CCOC(=O)C(CCc1ccccc1)NCC(=O)N1CCCC1. The molecule has 1 N–H and O–H groups in total. The number of nitrogens with one attached hydrogen (secondary N) is 1. The van der Waals surface area contributed by atoms with Gasteiger partial charge in [-0.05, 0) is 38.2 Å². The molecular weight excluding hydrogens is 292 g/mol. The molecule has 0 aliphatic carbocycles. The Bertz CT molecular complexity index is 498. The zero-order chi connectivity index (χ0) is 16.5. The van der Waals surface area contributed by atoms with Crippen molar-refractivity contribution in [3.63, 3.8) is 0 Å². The van der Waals surface area contributed by atoms with Crippen molar-refractivity contribution < 1.29 is 14.3 Å². The average molecular weight is 318 g/mol. The van der Waals surface area contributed by atoms with E-state index in [0.29, 0.717) is 13.0 Å². The highest BCUT2D eigenvalue weighted by atomic mass is 16.5. The molecule has 23 heavy (non-hydrogen) atoms. The van der Waals surface area contributed by atoms with Gasteiger partial charge in [0.15, 0.2) is 0 Å². The van der Waals surface area contributed by atoms with Crippen LogP contribution in [0.4, 0.5) is 0 Å². The number of benzene rings is 1. The summed E-state index contributed by atoms with van der Waals surface area (Å²) in [5.74, 6) is -0.214. The van der Waals surface area contributed by atoms with E-state index >= 15 is 0 Å². The zero-order valence-electron chi connectivity index (χ0n) is 13.8. The summed E-state index contributed by atoms with van der Waals surface area (Å²) in [6.45, 7) is 3.99. The minimum absolute atomic E-state index is 0.0662. The van der Waals surface area contributed by atoms with Crippen LogP contribution in [0.25, 0.3) is 0 Å². The Morgan fingerprint density at radius 3 is 2.57 bits per heavy atom. The number of esters is 1. The molecule has 0 spiro atoms. The second-order valence-corrected chi connectivity index (χ2v) is 5.80. The molecule has 1 aromatic carbocycles. The molecule has 1 unspecified atom stereocenters. The maximum absolute atomic E-state index is 12.1. The Morgan fingerprint density at radius 2 is 1.91 bits per heavy atom. The van der Waals surface area contributed by atoms with Crippen molar-refractivity contribution in [2.24, 2.45) is 0 Å². The molecule has 1 atom stereocenters. The van der Waals surface area contributed by atoms with Crippen molar-refractivity contribution in [1.82, 2.24) is 10.2 Å². The first kappa shape index (κ1) is 17.5. The Morgan fingerprint density at radius 1 is 1.22 bits per heavy atom. The van der Waals surface area contributed by atoms with Gasteiger partial charge in [-0.15, -0.1) is 0 Å². The molecule has 0 saturated carbocycles. The van der Waals surface area contributed by atoms with Crippen LogP contribution in [0.5, 0.6) is 0 Å². The quantitative estimate of drug-likeness (QED) is 0.742. The molecule has 5 heteroatoms. The first-order valence-electron chi connectivity index (χ1n) is 8.42. The first-order valence-corrected chi connectivity index (χ1v) is 8.42. The molecular formula is C18H26N2O3. The van der Waals surface area contributed by atoms with Crippen LogP contribution in [0, 0.1) is 0 Å².